The van der Waals surface area contributed by atoms with Crippen LogP contribution in [0.2, 0.25) is 0 Å². The van der Waals surface area contributed by atoms with Crippen LogP contribution in [-0.4, -0.2) is 52.5 Å². The number of hydrogen-bond donors (Lipinski definition) is 2. The quantitative estimate of drug-likeness (QED) is 0.720. The Bertz CT molecular complexity index is 711. The fourth-order valence-electron chi connectivity index (χ4n) is 3.34. The molecule has 26 heavy (non-hydrogen) atoms. The number of carbonyl (C=O) groups is 1. The van der Waals surface area contributed by atoms with E-state index in [9.17, 15) is 13.2 Å². The summed E-state index contributed by atoms with van der Waals surface area (Å²) in [5, 5.41) is 3.17. The maximum absolute atomic E-state index is 12.5. The molecule has 0 spiro atoms. The molecule has 6 nitrogen and oxygen atoms in total. The van der Waals surface area contributed by atoms with Crippen LogP contribution in [0.15, 0.2) is 23.1 Å². The average molecular weight is 382 g/mol. The molecule has 7 heteroatoms. The number of rotatable bonds is 8. The SMILES string of the molecule is CNCCC1CCN(C(=O)CCNS(=O)(=O)c2cc(C)ccc2C)CC1. The number of nitrogens with one attached hydrogen (secondary N) is 2. The fraction of sp³-hybridized carbons (Fsp3) is 0.632. The highest BCUT2D eigenvalue weighted by molar-refractivity contribution is 7.89. The molecule has 1 aromatic carbocycles. The summed E-state index contributed by atoms with van der Waals surface area (Å²) in [7, 11) is -1.63. The van der Waals surface area contributed by atoms with Crippen LogP contribution in [0.3, 0.4) is 0 Å². The Labute approximate surface area is 157 Å². The maximum atomic E-state index is 12.5. The minimum Gasteiger partial charge on any atom is -0.343 e. The van der Waals surface area contributed by atoms with Crippen molar-refractivity contribution in [1.82, 2.24) is 14.9 Å². The molecule has 0 radical (unpaired) electrons. The lowest BCUT2D eigenvalue weighted by Gasteiger charge is -2.32. The van der Waals surface area contributed by atoms with Crippen molar-refractivity contribution in [2.45, 2.75) is 44.4 Å². The molecule has 1 fully saturated rings. The molecule has 1 aliphatic rings. The number of sulfonamides is 1. The summed E-state index contributed by atoms with van der Waals surface area (Å²) in [6.07, 6.45) is 3.41. The average Bonchev–Trinajstić information content (AvgIpc) is 2.62. The van der Waals surface area contributed by atoms with E-state index in [-0.39, 0.29) is 23.8 Å². The molecule has 2 N–H and O–H groups in total. The van der Waals surface area contributed by atoms with Gasteiger partial charge in [-0.25, -0.2) is 13.1 Å². The van der Waals surface area contributed by atoms with Gasteiger partial charge in [-0.1, -0.05) is 12.1 Å². The zero-order chi connectivity index (χ0) is 19.2. The molecular formula is C19H31N3O3S. The Morgan fingerprint density at radius 3 is 2.54 bits per heavy atom. The summed E-state index contributed by atoms with van der Waals surface area (Å²) in [5.74, 6) is 0.704. The van der Waals surface area contributed by atoms with Gasteiger partial charge in [-0.05, 0) is 69.8 Å². The summed E-state index contributed by atoms with van der Waals surface area (Å²) >= 11 is 0. The molecule has 0 aromatic heterocycles. The Morgan fingerprint density at radius 2 is 1.88 bits per heavy atom. The van der Waals surface area contributed by atoms with E-state index in [4.69, 9.17) is 0 Å². The van der Waals surface area contributed by atoms with Crippen LogP contribution < -0.4 is 10.0 Å². The summed E-state index contributed by atoms with van der Waals surface area (Å²) in [5.41, 5.74) is 1.60. The van der Waals surface area contributed by atoms with E-state index in [0.717, 1.165) is 44.5 Å². The zero-order valence-electron chi connectivity index (χ0n) is 16.0. The molecule has 1 amide bonds. The molecule has 0 aliphatic carbocycles. The van der Waals surface area contributed by atoms with Gasteiger partial charge >= 0.3 is 0 Å². The molecule has 0 unspecified atom stereocenters. The van der Waals surface area contributed by atoms with Crippen LogP contribution in [0.1, 0.15) is 36.8 Å². The largest absolute Gasteiger partial charge is 0.343 e. The van der Waals surface area contributed by atoms with Gasteiger partial charge in [0.2, 0.25) is 15.9 Å². The molecule has 0 saturated carbocycles. The highest BCUT2D eigenvalue weighted by atomic mass is 32.2. The predicted octanol–water partition coefficient (Wildman–Crippen LogP) is 1.82. The standard InChI is InChI=1S/C19H31N3O3S/c1-15-4-5-16(2)18(14-15)26(24,25)21-11-7-19(23)22-12-8-17(9-13-22)6-10-20-3/h4-5,14,17,20-21H,6-13H2,1-3H3. The predicted molar refractivity (Wildman–Crippen MR) is 104 cm³/mol. The van der Waals surface area contributed by atoms with E-state index in [1.165, 1.54) is 0 Å². The van der Waals surface area contributed by atoms with Crippen molar-refractivity contribution in [2.75, 3.05) is 33.2 Å². The molecule has 0 bridgehead atoms. The molecule has 2 rings (SSSR count). The summed E-state index contributed by atoms with van der Waals surface area (Å²) < 4.78 is 27.5. The van der Waals surface area contributed by atoms with Crippen molar-refractivity contribution in [2.24, 2.45) is 5.92 Å². The van der Waals surface area contributed by atoms with Gasteiger partial charge in [0, 0.05) is 26.1 Å². The van der Waals surface area contributed by atoms with Gasteiger partial charge in [0.05, 0.1) is 4.90 Å². The van der Waals surface area contributed by atoms with Gasteiger partial charge in [-0.2, -0.15) is 0 Å². The van der Waals surface area contributed by atoms with Gasteiger partial charge < -0.3 is 10.2 Å². The van der Waals surface area contributed by atoms with E-state index >= 15 is 0 Å². The number of nitrogens with zero attached hydrogens (tertiary/aromatic N) is 1. The highest BCUT2D eigenvalue weighted by Crippen LogP contribution is 2.20. The second-order valence-electron chi connectivity index (χ2n) is 7.13. The molecule has 1 heterocycles. The van der Waals surface area contributed by atoms with Gasteiger partial charge in [-0.15, -0.1) is 0 Å². The first-order chi connectivity index (χ1) is 12.3. The zero-order valence-corrected chi connectivity index (χ0v) is 16.9. The summed E-state index contributed by atoms with van der Waals surface area (Å²) in [4.78, 5) is 14.5. The number of piperidine rings is 1. The molecule has 1 aromatic rings. The van der Waals surface area contributed by atoms with Crippen LogP contribution >= 0.6 is 0 Å². The van der Waals surface area contributed by atoms with Crippen molar-refractivity contribution in [3.8, 4) is 0 Å². The summed E-state index contributed by atoms with van der Waals surface area (Å²) in [6, 6.07) is 5.35. The van der Waals surface area contributed by atoms with Crippen molar-refractivity contribution >= 4 is 15.9 Å². The summed E-state index contributed by atoms with van der Waals surface area (Å²) in [6.45, 7) is 6.33. The highest BCUT2D eigenvalue weighted by Gasteiger charge is 2.23. The van der Waals surface area contributed by atoms with E-state index in [0.29, 0.717) is 11.5 Å². The van der Waals surface area contributed by atoms with Crippen molar-refractivity contribution in [3.05, 3.63) is 29.3 Å². The Balaban J connectivity index is 1.80. The topological polar surface area (TPSA) is 78.5 Å². The van der Waals surface area contributed by atoms with E-state index in [2.05, 4.69) is 10.0 Å². The van der Waals surface area contributed by atoms with E-state index in [1.807, 2.05) is 24.9 Å². The lowest BCUT2D eigenvalue weighted by atomic mass is 9.93. The number of hydrogen-bond acceptors (Lipinski definition) is 4. The van der Waals surface area contributed by atoms with Crippen LogP contribution in [-0.2, 0) is 14.8 Å². The van der Waals surface area contributed by atoms with Crippen LogP contribution in [0, 0.1) is 19.8 Å². The second-order valence-corrected chi connectivity index (χ2v) is 8.87. The Morgan fingerprint density at radius 1 is 1.19 bits per heavy atom. The third-order valence-corrected chi connectivity index (χ3v) is 6.64. The molecular weight excluding hydrogens is 350 g/mol. The van der Waals surface area contributed by atoms with E-state index < -0.39 is 10.0 Å². The first kappa shape index (κ1) is 20.9. The molecule has 146 valence electrons. The first-order valence-electron chi connectivity index (χ1n) is 9.33. The van der Waals surface area contributed by atoms with Gasteiger partial charge in [-0.3, -0.25) is 4.79 Å². The second kappa shape index (κ2) is 9.48. The van der Waals surface area contributed by atoms with Crippen LogP contribution in [0.5, 0.6) is 0 Å². The monoisotopic (exact) mass is 381 g/mol. The maximum Gasteiger partial charge on any atom is 0.240 e. The minimum absolute atomic E-state index is 0.0285. The number of likely N-dealkylation sites (tertiary alicyclic amines) is 1. The smallest absolute Gasteiger partial charge is 0.240 e. The van der Waals surface area contributed by atoms with Crippen molar-refractivity contribution < 1.29 is 13.2 Å². The van der Waals surface area contributed by atoms with Crippen molar-refractivity contribution in [1.29, 1.82) is 0 Å². The first-order valence-corrected chi connectivity index (χ1v) is 10.8. The fourth-order valence-corrected chi connectivity index (χ4v) is 4.70. The minimum atomic E-state index is -3.59. The Hall–Kier alpha value is -1.44. The molecule has 1 aliphatic heterocycles. The number of carbonyl (C=O) groups excluding carboxylic acids is 1. The third kappa shape index (κ3) is 5.79. The third-order valence-electron chi connectivity index (χ3n) is 5.03. The van der Waals surface area contributed by atoms with E-state index in [1.54, 1.807) is 19.1 Å². The Kier molecular flexibility index (Phi) is 7.61. The number of aryl methyl sites for hydroxylation is 2. The number of amides is 1. The van der Waals surface area contributed by atoms with Crippen LogP contribution in [0.4, 0.5) is 0 Å². The van der Waals surface area contributed by atoms with Gasteiger partial charge in [0.1, 0.15) is 0 Å². The lowest BCUT2D eigenvalue weighted by molar-refractivity contribution is -0.132. The van der Waals surface area contributed by atoms with Gasteiger partial charge in [0.15, 0.2) is 0 Å². The van der Waals surface area contributed by atoms with Gasteiger partial charge in [0.25, 0.3) is 0 Å². The lowest BCUT2D eigenvalue weighted by Crippen LogP contribution is -2.40. The molecule has 0 atom stereocenters. The van der Waals surface area contributed by atoms with Crippen molar-refractivity contribution in [3.63, 3.8) is 0 Å². The molecule has 1 saturated heterocycles. The van der Waals surface area contributed by atoms with Crippen LogP contribution in [0.25, 0.3) is 0 Å². The normalized spacial score (nSPS) is 16.0. The number of benzene rings is 1.